The highest BCUT2D eigenvalue weighted by Crippen LogP contribution is 2.37. The van der Waals surface area contributed by atoms with E-state index in [0.29, 0.717) is 0 Å². The molecule has 0 aliphatic carbocycles. The van der Waals surface area contributed by atoms with Crippen molar-refractivity contribution >= 4 is 35.6 Å². The summed E-state index contributed by atoms with van der Waals surface area (Å²) in [5.41, 5.74) is -0.452. The standard InChI is InChI=1S/C20H24ClNO9/c1-11(23)29-10-15-13(7-16(24)25)14(8-17(26)27)18(19(21)31-15)22-20(28)30-9-12-5-3-2-4-6-12/h2-6,13-15,18-19H,7-10H2,1H3,(H,22,28)(H,24,25)(H,26,27)/t13-,14+,15-,18+,19-/m0/s1. The summed E-state index contributed by atoms with van der Waals surface area (Å²) in [5, 5.41) is 21.2. The molecule has 0 radical (unpaired) electrons. The van der Waals surface area contributed by atoms with Crippen LogP contribution in [0, 0.1) is 11.8 Å². The third-order valence-corrected chi connectivity index (χ3v) is 5.22. The number of carboxylic acids is 2. The van der Waals surface area contributed by atoms with Crippen LogP contribution in [0.1, 0.15) is 25.3 Å². The maximum Gasteiger partial charge on any atom is 0.407 e. The number of nitrogens with one attached hydrogen (secondary N) is 1. The Morgan fingerprint density at radius 2 is 1.65 bits per heavy atom. The lowest BCUT2D eigenvalue weighted by Crippen LogP contribution is -2.58. The average Bonchev–Trinajstić information content (AvgIpc) is 2.70. The van der Waals surface area contributed by atoms with Gasteiger partial charge in [-0.3, -0.25) is 14.4 Å². The lowest BCUT2D eigenvalue weighted by Gasteiger charge is -2.44. The largest absolute Gasteiger partial charge is 0.481 e. The predicted octanol–water partition coefficient (Wildman–Crippen LogP) is 1.99. The van der Waals surface area contributed by atoms with E-state index in [-0.39, 0.29) is 13.2 Å². The maximum absolute atomic E-state index is 12.3. The molecule has 31 heavy (non-hydrogen) atoms. The van der Waals surface area contributed by atoms with Crippen molar-refractivity contribution in [2.45, 2.75) is 44.1 Å². The molecule has 1 fully saturated rings. The summed E-state index contributed by atoms with van der Waals surface area (Å²) in [6.45, 7) is 0.858. The van der Waals surface area contributed by atoms with Crippen molar-refractivity contribution in [3.8, 4) is 0 Å². The molecule has 0 saturated carbocycles. The van der Waals surface area contributed by atoms with Crippen molar-refractivity contribution < 1.29 is 43.6 Å². The van der Waals surface area contributed by atoms with Crippen LogP contribution in [0.3, 0.4) is 0 Å². The average molecular weight is 458 g/mol. The lowest BCUT2D eigenvalue weighted by molar-refractivity contribution is -0.165. The number of rotatable bonds is 9. The first-order valence-electron chi connectivity index (χ1n) is 9.51. The van der Waals surface area contributed by atoms with Crippen LogP contribution in [0.5, 0.6) is 0 Å². The van der Waals surface area contributed by atoms with Crippen molar-refractivity contribution in [1.29, 1.82) is 0 Å². The highest BCUT2D eigenvalue weighted by Gasteiger charge is 2.47. The quantitative estimate of drug-likeness (QED) is 0.373. The summed E-state index contributed by atoms with van der Waals surface area (Å²) < 4.78 is 15.7. The highest BCUT2D eigenvalue weighted by atomic mass is 35.5. The number of hydrogen-bond acceptors (Lipinski definition) is 7. The fourth-order valence-corrected chi connectivity index (χ4v) is 3.87. The number of alkyl halides is 1. The Hall–Kier alpha value is -2.85. The Morgan fingerprint density at radius 1 is 1.03 bits per heavy atom. The molecular weight excluding hydrogens is 434 g/mol. The molecule has 1 saturated heterocycles. The van der Waals surface area contributed by atoms with E-state index in [1.165, 1.54) is 6.92 Å². The number of ether oxygens (including phenoxy) is 3. The van der Waals surface area contributed by atoms with Crippen molar-refractivity contribution in [2.24, 2.45) is 11.8 Å². The Labute approximate surface area is 183 Å². The molecule has 0 bridgehead atoms. The van der Waals surface area contributed by atoms with Gasteiger partial charge in [0.15, 0.2) is 5.56 Å². The number of benzene rings is 1. The van der Waals surface area contributed by atoms with Gasteiger partial charge in [-0.05, 0) is 11.5 Å². The molecule has 1 amide bonds. The monoisotopic (exact) mass is 457 g/mol. The SMILES string of the molecule is CC(=O)OC[C@@H]1O[C@H](Cl)[C@H](NC(=O)OCc2ccccc2)[C@H](CC(=O)O)[C@@H]1CC(=O)O. The molecule has 11 heteroatoms. The second-order valence-electron chi connectivity index (χ2n) is 7.08. The second kappa shape index (κ2) is 11.5. The molecule has 2 rings (SSSR count). The normalized spacial score (nSPS) is 25.3. The molecule has 5 atom stereocenters. The fourth-order valence-electron chi connectivity index (χ4n) is 3.49. The van der Waals surface area contributed by atoms with E-state index in [1.54, 1.807) is 24.3 Å². The van der Waals surface area contributed by atoms with Gasteiger partial charge in [-0.2, -0.15) is 0 Å². The molecular formula is C20H24ClNO9. The molecule has 170 valence electrons. The second-order valence-corrected chi connectivity index (χ2v) is 7.51. The first kappa shape index (κ1) is 24.4. The molecule has 0 aromatic heterocycles. The predicted molar refractivity (Wildman–Crippen MR) is 106 cm³/mol. The Morgan fingerprint density at radius 3 is 2.23 bits per heavy atom. The Kier molecular flexibility index (Phi) is 9.07. The van der Waals surface area contributed by atoms with E-state index in [4.69, 9.17) is 25.8 Å². The molecule has 1 aromatic rings. The molecule has 0 unspecified atom stereocenters. The first-order chi connectivity index (χ1) is 14.7. The molecule has 1 aromatic carbocycles. The van der Waals surface area contributed by atoms with Crippen LogP contribution in [0.4, 0.5) is 4.79 Å². The van der Waals surface area contributed by atoms with Crippen LogP contribution in [-0.2, 0) is 35.2 Å². The van der Waals surface area contributed by atoms with Gasteiger partial charge < -0.3 is 29.7 Å². The van der Waals surface area contributed by atoms with Crippen LogP contribution >= 0.6 is 11.6 Å². The van der Waals surface area contributed by atoms with Gasteiger partial charge in [-0.15, -0.1) is 0 Å². The zero-order valence-corrected chi connectivity index (χ0v) is 17.5. The summed E-state index contributed by atoms with van der Waals surface area (Å²) in [6.07, 6.45) is -2.76. The molecule has 1 heterocycles. The number of aliphatic carboxylic acids is 2. The van der Waals surface area contributed by atoms with Crippen molar-refractivity contribution in [1.82, 2.24) is 5.32 Å². The number of carboxylic acid groups (broad SMARTS) is 2. The van der Waals surface area contributed by atoms with Gasteiger partial charge in [0.05, 0.1) is 25.0 Å². The third-order valence-electron chi connectivity index (χ3n) is 4.84. The van der Waals surface area contributed by atoms with Crippen molar-refractivity contribution in [3.05, 3.63) is 35.9 Å². The zero-order valence-electron chi connectivity index (χ0n) is 16.7. The van der Waals surface area contributed by atoms with Gasteiger partial charge in [-0.25, -0.2) is 4.79 Å². The molecule has 1 aliphatic rings. The molecule has 0 spiro atoms. The van der Waals surface area contributed by atoms with E-state index < -0.39 is 66.4 Å². The van der Waals surface area contributed by atoms with E-state index in [2.05, 4.69) is 5.32 Å². The van der Waals surface area contributed by atoms with Gasteiger partial charge in [0.2, 0.25) is 0 Å². The Balaban J connectivity index is 2.16. The number of carbonyl (C=O) groups is 4. The van der Waals surface area contributed by atoms with Crippen molar-refractivity contribution in [2.75, 3.05) is 6.61 Å². The topological polar surface area (TPSA) is 148 Å². The summed E-state index contributed by atoms with van der Waals surface area (Å²) in [4.78, 5) is 46.3. The van der Waals surface area contributed by atoms with E-state index >= 15 is 0 Å². The zero-order chi connectivity index (χ0) is 23.0. The number of amides is 1. The molecule has 10 nitrogen and oxygen atoms in total. The summed E-state index contributed by atoms with van der Waals surface area (Å²) in [6, 6.07) is 7.85. The van der Waals surface area contributed by atoms with Crippen molar-refractivity contribution in [3.63, 3.8) is 0 Å². The third kappa shape index (κ3) is 7.72. The van der Waals surface area contributed by atoms with Crippen LogP contribution in [0.25, 0.3) is 0 Å². The number of esters is 1. The fraction of sp³-hybridized carbons (Fsp3) is 0.500. The summed E-state index contributed by atoms with van der Waals surface area (Å²) in [7, 11) is 0. The van der Waals surface area contributed by atoms with Gasteiger partial charge in [0, 0.05) is 12.8 Å². The van der Waals surface area contributed by atoms with E-state index in [0.717, 1.165) is 5.56 Å². The van der Waals surface area contributed by atoms with Gasteiger partial charge in [0.25, 0.3) is 0 Å². The molecule has 3 N–H and O–H groups in total. The van der Waals surface area contributed by atoms with Crippen LogP contribution in [0.15, 0.2) is 30.3 Å². The number of alkyl carbamates (subject to hydrolysis) is 1. The lowest BCUT2D eigenvalue weighted by atomic mass is 9.76. The maximum atomic E-state index is 12.3. The number of halogens is 1. The van der Waals surface area contributed by atoms with Gasteiger partial charge in [-0.1, -0.05) is 41.9 Å². The summed E-state index contributed by atoms with van der Waals surface area (Å²) >= 11 is 6.26. The number of hydrogen-bond donors (Lipinski definition) is 3. The van der Waals surface area contributed by atoms with E-state index in [9.17, 15) is 29.4 Å². The first-order valence-corrected chi connectivity index (χ1v) is 9.94. The van der Waals surface area contributed by atoms with Crippen LogP contribution in [0.2, 0.25) is 0 Å². The number of carbonyl (C=O) groups excluding carboxylic acids is 2. The smallest absolute Gasteiger partial charge is 0.407 e. The highest BCUT2D eigenvalue weighted by molar-refractivity contribution is 6.20. The van der Waals surface area contributed by atoms with Gasteiger partial charge >= 0.3 is 24.0 Å². The van der Waals surface area contributed by atoms with Gasteiger partial charge in [0.1, 0.15) is 13.2 Å². The van der Waals surface area contributed by atoms with Crippen LogP contribution in [-0.4, -0.2) is 58.5 Å². The summed E-state index contributed by atoms with van der Waals surface area (Å²) in [5.74, 6) is -4.81. The molecule has 1 aliphatic heterocycles. The van der Waals surface area contributed by atoms with Crippen LogP contribution < -0.4 is 5.32 Å². The van der Waals surface area contributed by atoms with E-state index in [1.807, 2.05) is 6.07 Å². The minimum atomic E-state index is -1.21. The minimum Gasteiger partial charge on any atom is -0.481 e. The minimum absolute atomic E-state index is 0.0234. The Bertz CT molecular complexity index is 788.